The van der Waals surface area contributed by atoms with Crippen LogP contribution < -0.4 is 10.6 Å². The number of carboxylic acids is 1. The maximum absolute atomic E-state index is 12.2. The van der Waals surface area contributed by atoms with Crippen molar-refractivity contribution in [3.8, 4) is 11.1 Å². The average molecular weight is 426 g/mol. The largest absolute Gasteiger partial charge is 0.480 e. The summed E-state index contributed by atoms with van der Waals surface area (Å²) in [5.74, 6) is -1.81. The minimum Gasteiger partial charge on any atom is -0.480 e. The first-order valence-corrected chi connectivity index (χ1v) is 10.1. The minimum atomic E-state index is -1.13. The van der Waals surface area contributed by atoms with Gasteiger partial charge in [-0.3, -0.25) is 4.79 Å². The number of rotatable bonds is 9. The Morgan fingerprint density at radius 2 is 1.61 bits per heavy atom. The van der Waals surface area contributed by atoms with E-state index in [0.717, 1.165) is 22.3 Å². The van der Waals surface area contributed by atoms with Gasteiger partial charge in [-0.25, -0.2) is 9.59 Å². The number of hydrogen-bond acceptors (Lipinski definition) is 5. The Bertz CT molecular complexity index is 915. The van der Waals surface area contributed by atoms with Gasteiger partial charge in [0.15, 0.2) is 6.10 Å². The first kappa shape index (κ1) is 22.3. The molecule has 0 spiro atoms. The van der Waals surface area contributed by atoms with Crippen molar-refractivity contribution in [1.29, 1.82) is 0 Å². The van der Waals surface area contributed by atoms with E-state index in [1.165, 1.54) is 7.11 Å². The summed E-state index contributed by atoms with van der Waals surface area (Å²) in [5.41, 5.74) is 4.47. The highest BCUT2D eigenvalue weighted by molar-refractivity contribution is 5.86. The van der Waals surface area contributed by atoms with Gasteiger partial charge in [-0.15, -0.1) is 0 Å². The van der Waals surface area contributed by atoms with Gasteiger partial charge >= 0.3 is 12.1 Å². The maximum atomic E-state index is 12.2. The van der Waals surface area contributed by atoms with Crippen molar-refractivity contribution in [3.05, 3.63) is 59.7 Å². The standard InChI is InChI=1S/C23H26N2O6/c1-3-19(22(27)28)25-21(26)20(30-2)12-24-23(29)31-13-18-16-10-6-4-8-14(16)15-9-5-7-11-17(15)18/h4-11,18-20H,3,12-13H2,1-2H3,(H,24,29)(H,25,26)(H,27,28). The van der Waals surface area contributed by atoms with Crippen molar-refractivity contribution in [2.24, 2.45) is 0 Å². The molecule has 2 aromatic carbocycles. The normalized spacial score (nSPS) is 14.1. The highest BCUT2D eigenvalue weighted by Crippen LogP contribution is 2.44. The number of ether oxygens (including phenoxy) is 2. The first-order chi connectivity index (χ1) is 15.0. The van der Waals surface area contributed by atoms with E-state index in [1.54, 1.807) is 6.92 Å². The molecule has 2 aromatic rings. The molecule has 1 aliphatic carbocycles. The van der Waals surface area contributed by atoms with Crippen molar-refractivity contribution in [1.82, 2.24) is 10.6 Å². The quantitative estimate of drug-likeness (QED) is 0.568. The van der Waals surface area contributed by atoms with E-state index >= 15 is 0 Å². The number of aliphatic carboxylic acids is 1. The number of carbonyl (C=O) groups excluding carboxylic acids is 2. The molecule has 3 rings (SSSR count). The third kappa shape index (κ3) is 5.03. The number of fused-ring (bicyclic) bond motifs is 3. The van der Waals surface area contributed by atoms with Crippen LogP contribution in [0.2, 0.25) is 0 Å². The van der Waals surface area contributed by atoms with E-state index in [0.29, 0.717) is 0 Å². The van der Waals surface area contributed by atoms with Gasteiger partial charge < -0.3 is 25.2 Å². The molecule has 31 heavy (non-hydrogen) atoms. The van der Waals surface area contributed by atoms with Gasteiger partial charge in [0.2, 0.25) is 0 Å². The Kier molecular flexibility index (Phi) is 7.25. The molecule has 1 aliphatic rings. The highest BCUT2D eigenvalue weighted by atomic mass is 16.5. The van der Waals surface area contributed by atoms with Crippen LogP contribution >= 0.6 is 0 Å². The Hall–Kier alpha value is -3.39. The molecule has 0 radical (unpaired) electrons. The number of carbonyl (C=O) groups is 3. The monoisotopic (exact) mass is 426 g/mol. The van der Waals surface area contributed by atoms with Crippen molar-refractivity contribution in [2.75, 3.05) is 20.3 Å². The zero-order valence-electron chi connectivity index (χ0n) is 17.5. The fourth-order valence-electron chi connectivity index (χ4n) is 3.71. The summed E-state index contributed by atoms with van der Waals surface area (Å²) in [6, 6.07) is 15.0. The molecule has 3 N–H and O–H groups in total. The van der Waals surface area contributed by atoms with Crippen LogP contribution in [-0.4, -0.2) is 55.5 Å². The highest BCUT2D eigenvalue weighted by Gasteiger charge is 2.29. The van der Waals surface area contributed by atoms with Gasteiger partial charge in [0.25, 0.3) is 5.91 Å². The first-order valence-electron chi connectivity index (χ1n) is 10.1. The topological polar surface area (TPSA) is 114 Å². The fourth-order valence-corrected chi connectivity index (χ4v) is 3.71. The van der Waals surface area contributed by atoms with Crippen LogP contribution in [0, 0.1) is 0 Å². The summed E-state index contributed by atoms with van der Waals surface area (Å²) in [5, 5.41) is 14.0. The van der Waals surface area contributed by atoms with Gasteiger partial charge in [0, 0.05) is 13.0 Å². The summed E-state index contributed by atoms with van der Waals surface area (Å²) >= 11 is 0. The summed E-state index contributed by atoms with van der Waals surface area (Å²) < 4.78 is 10.5. The van der Waals surface area contributed by atoms with E-state index in [-0.39, 0.29) is 25.5 Å². The van der Waals surface area contributed by atoms with Crippen LogP contribution in [0.5, 0.6) is 0 Å². The van der Waals surface area contributed by atoms with Crippen molar-refractivity contribution in [3.63, 3.8) is 0 Å². The summed E-state index contributed by atoms with van der Waals surface area (Å²) in [7, 11) is 1.31. The van der Waals surface area contributed by atoms with Crippen molar-refractivity contribution < 1.29 is 29.0 Å². The number of methoxy groups -OCH3 is 1. The second-order valence-electron chi connectivity index (χ2n) is 7.24. The number of nitrogens with one attached hydrogen (secondary N) is 2. The molecular formula is C23H26N2O6. The Morgan fingerprint density at radius 1 is 1.03 bits per heavy atom. The second-order valence-corrected chi connectivity index (χ2v) is 7.24. The number of amides is 2. The molecule has 0 heterocycles. The number of alkyl carbamates (subject to hydrolysis) is 1. The van der Waals surface area contributed by atoms with Gasteiger partial charge in [0.1, 0.15) is 12.6 Å². The minimum absolute atomic E-state index is 0.0689. The number of hydrogen-bond donors (Lipinski definition) is 3. The third-order valence-electron chi connectivity index (χ3n) is 5.38. The molecule has 2 atom stereocenters. The number of carboxylic acid groups (broad SMARTS) is 1. The van der Waals surface area contributed by atoms with Crippen LogP contribution in [-0.2, 0) is 19.1 Å². The fraction of sp³-hybridized carbons (Fsp3) is 0.348. The van der Waals surface area contributed by atoms with E-state index in [9.17, 15) is 14.4 Å². The molecule has 0 saturated heterocycles. The maximum Gasteiger partial charge on any atom is 0.407 e. The van der Waals surface area contributed by atoms with Gasteiger partial charge in [-0.05, 0) is 28.7 Å². The lowest BCUT2D eigenvalue weighted by Gasteiger charge is -2.19. The van der Waals surface area contributed by atoms with E-state index in [2.05, 4.69) is 22.8 Å². The van der Waals surface area contributed by atoms with Crippen LogP contribution in [0.3, 0.4) is 0 Å². The van der Waals surface area contributed by atoms with Crippen LogP contribution in [0.1, 0.15) is 30.4 Å². The molecule has 8 nitrogen and oxygen atoms in total. The molecule has 0 fully saturated rings. The summed E-state index contributed by atoms with van der Waals surface area (Å²) in [6.45, 7) is 1.66. The third-order valence-corrected chi connectivity index (χ3v) is 5.38. The zero-order valence-corrected chi connectivity index (χ0v) is 17.5. The van der Waals surface area contributed by atoms with Crippen LogP contribution in [0.4, 0.5) is 4.79 Å². The number of benzene rings is 2. The Labute approximate surface area is 180 Å². The van der Waals surface area contributed by atoms with Crippen molar-refractivity contribution in [2.45, 2.75) is 31.4 Å². The molecule has 2 amide bonds. The Balaban J connectivity index is 1.56. The molecule has 0 aliphatic heterocycles. The lowest BCUT2D eigenvalue weighted by molar-refractivity contribution is -0.143. The van der Waals surface area contributed by atoms with Gasteiger partial charge in [-0.1, -0.05) is 55.5 Å². The van der Waals surface area contributed by atoms with Crippen LogP contribution in [0.25, 0.3) is 11.1 Å². The summed E-state index contributed by atoms with van der Waals surface area (Å²) in [4.78, 5) is 35.5. The molecule has 0 bridgehead atoms. The lowest BCUT2D eigenvalue weighted by Crippen LogP contribution is -2.49. The molecular weight excluding hydrogens is 400 g/mol. The molecule has 0 saturated carbocycles. The molecule has 0 aromatic heterocycles. The van der Waals surface area contributed by atoms with Crippen LogP contribution in [0.15, 0.2) is 48.5 Å². The SMILES string of the molecule is CCC(NC(=O)C(CNC(=O)OCC1c2ccccc2-c2ccccc21)OC)C(=O)O. The van der Waals surface area contributed by atoms with E-state index < -0.39 is 30.1 Å². The van der Waals surface area contributed by atoms with E-state index in [4.69, 9.17) is 14.6 Å². The summed E-state index contributed by atoms with van der Waals surface area (Å²) in [6.07, 6.45) is -1.48. The smallest absolute Gasteiger partial charge is 0.407 e. The lowest BCUT2D eigenvalue weighted by atomic mass is 9.98. The molecule has 164 valence electrons. The predicted molar refractivity (Wildman–Crippen MR) is 114 cm³/mol. The molecule has 2 unspecified atom stereocenters. The van der Waals surface area contributed by atoms with Crippen molar-refractivity contribution >= 4 is 18.0 Å². The van der Waals surface area contributed by atoms with Gasteiger partial charge in [0.05, 0.1) is 6.54 Å². The predicted octanol–water partition coefficient (Wildman–Crippen LogP) is 2.52. The van der Waals surface area contributed by atoms with E-state index in [1.807, 2.05) is 36.4 Å². The molecule has 8 heteroatoms. The second kappa shape index (κ2) is 10.1. The Morgan fingerprint density at radius 3 is 2.13 bits per heavy atom. The average Bonchev–Trinajstić information content (AvgIpc) is 3.10. The van der Waals surface area contributed by atoms with Gasteiger partial charge in [-0.2, -0.15) is 0 Å². The zero-order chi connectivity index (χ0) is 22.4.